The van der Waals surface area contributed by atoms with E-state index in [1.165, 1.54) is 0 Å². The summed E-state index contributed by atoms with van der Waals surface area (Å²) in [6.45, 7) is 1.03. The Bertz CT molecular complexity index is 433. The van der Waals surface area contributed by atoms with Crippen LogP contribution in [-0.2, 0) is 16.1 Å². The summed E-state index contributed by atoms with van der Waals surface area (Å²) in [5.41, 5.74) is 0.955. The highest BCUT2D eigenvalue weighted by Gasteiger charge is 2.25. The molecule has 1 N–H and O–H groups in total. The Labute approximate surface area is 106 Å². The zero-order valence-electron chi connectivity index (χ0n) is 10.6. The van der Waals surface area contributed by atoms with E-state index >= 15 is 0 Å². The summed E-state index contributed by atoms with van der Waals surface area (Å²) in [6, 6.07) is 5.36. The predicted octanol–water partition coefficient (Wildman–Crippen LogP) is 1.11. The van der Waals surface area contributed by atoms with Gasteiger partial charge >= 0.3 is 5.97 Å². The van der Waals surface area contributed by atoms with Crippen LogP contribution in [0.5, 0.6) is 11.5 Å². The molecule has 0 radical (unpaired) electrons. The molecule has 1 fully saturated rings. The van der Waals surface area contributed by atoms with E-state index in [9.17, 15) is 4.79 Å². The van der Waals surface area contributed by atoms with Gasteiger partial charge in [0.1, 0.15) is 17.5 Å². The van der Waals surface area contributed by atoms with Gasteiger partial charge < -0.3 is 19.5 Å². The van der Waals surface area contributed by atoms with Crippen LogP contribution in [0.1, 0.15) is 12.0 Å². The normalized spacial score (nSPS) is 18.6. The number of hydrogen-bond donors (Lipinski definition) is 1. The highest BCUT2D eigenvalue weighted by atomic mass is 16.5. The van der Waals surface area contributed by atoms with Crippen LogP contribution < -0.4 is 14.8 Å². The van der Waals surface area contributed by atoms with E-state index in [0.717, 1.165) is 17.1 Å². The molecule has 1 unspecified atom stereocenters. The zero-order chi connectivity index (χ0) is 13.0. The molecule has 1 atom stereocenters. The van der Waals surface area contributed by atoms with Crippen LogP contribution in [0.2, 0.25) is 0 Å². The standard InChI is InChI=1S/C13H17NO4/c1-16-10-3-4-12(17-2)9(7-10)8-14-11-5-6-18-13(11)15/h3-4,7,11,14H,5-6,8H2,1-2H3. The lowest BCUT2D eigenvalue weighted by Crippen LogP contribution is -2.32. The van der Waals surface area contributed by atoms with Gasteiger partial charge in [-0.15, -0.1) is 0 Å². The van der Waals surface area contributed by atoms with E-state index in [4.69, 9.17) is 14.2 Å². The first-order valence-electron chi connectivity index (χ1n) is 5.85. The highest BCUT2D eigenvalue weighted by molar-refractivity contribution is 5.77. The zero-order valence-corrected chi connectivity index (χ0v) is 10.6. The Balaban J connectivity index is 2.04. The molecule has 5 nitrogen and oxygen atoms in total. The van der Waals surface area contributed by atoms with Crippen LogP contribution in [0.4, 0.5) is 0 Å². The van der Waals surface area contributed by atoms with E-state index < -0.39 is 0 Å². The van der Waals surface area contributed by atoms with Gasteiger partial charge in [0.25, 0.3) is 0 Å². The number of carbonyl (C=O) groups excluding carboxylic acids is 1. The number of methoxy groups -OCH3 is 2. The van der Waals surface area contributed by atoms with Crippen LogP contribution >= 0.6 is 0 Å². The molecular weight excluding hydrogens is 234 g/mol. The summed E-state index contributed by atoms with van der Waals surface area (Å²) in [7, 11) is 3.24. The topological polar surface area (TPSA) is 56.8 Å². The quantitative estimate of drug-likeness (QED) is 0.794. The summed E-state index contributed by atoms with van der Waals surface area (Å²) >= 11 is 0. The Kier molecular flexibility index (Phi) is 4.04. The van der Waals surface area contributed by atoms with E-state index in [1.807, 2.05) is 18.2 Å². The monoisotopic (exact) mass is 251 g/mol. The fourth-order valence-corrected chi connectivity index (χ4v) is 1.93. The van der Waals surface area contributed by atoms with Crippen LogP contribution in [-0.4, -0.2) is 32.8 Å². The van der Waals surface area contributed by atoms with Crippen molar-refractivity contribution in [2.45, 2.75) is 19.0 Å². The van der Waals surface area contributed by atoms with Crippen molar-refractivity contribution >= 4 is 5.97 Å². The number of cyclic esters (lactones) is 1. The molecule has 0 saturated carbocycles. The minimum absolute atomic E-state index is 0.183. The maximum absolute atomic E-state index is 11.3. The SMILES string of the molecule is COc1ccc(OC)c(CNC2CCOC2=O)c1. The third-order valence-electron chi connectivity index (χ3n) is 2.96. The van der Waals surface area contributed by atoms with Gasteiger partial charge in [0.2, 0.25) is 0 Å². The number of benzene rings is 1. The molecule has 0 aliphatic carbocycles. The van der Waals surface area contributed by atoms with Gasteiger partial charge in [-0.05, 0) is 18.2 Å². The van der Waals surface area contributed by atoms with Gasteiger partial charge in [0.15, 0.2) is 0 Å². The Morgan fingerprint density at radius 2 is 2.22 bits per heavy atom. The van der Waals surface area contributed by atoms with E-state index in [-0.39, 0.29) is 12.0 Å². The van der Waals surface area contributed by atoms with Crippen molar-refractivity contribution in [2.75, 3.05) is 20.8 Å². The maximum atomic E-state index is 11.3. The molecule has 1 saturated heterocycles. The molecule has 1 aromatic rings. The molecule has 2 rings (SSSR count). The number of hydrogen-bond acceptors (Lipinski definition) is 5. The minimum Gasteiger partial charge on any atom is -0.497 e. The number of rotatable bonds is 5. The smallest absolute Gasteiger partial charge is 0.323 e. The molecule has 1 heterocycles. The molecule has 0 aromatic heterocycles. The molecule has 1 aliphatic heterocycles. The number of ether oxygens (including phenoxy) is 3. The first kappa shape index (κ1) is 12.7. The molecule has 18 heavy (non-hydrogen) atoms. The van der Waals surface area contributed by atoms with Crippen LogP contribution in [0.15, 0.2) is 18.2 Å². The van der Waals surface area contributed by atoms with Gasteiger partial charge in [-0.2, -0.15) is 0 Å². The van der Waals surface area contributed by atoms with Crippen molar-refractivity contribution in [3.63, 3.8) is 0 Å². The van der Waals surface area contributed by atoms with Crippen LogP contribution in [0.25, 0.3) is 0 Å². The van der Waals surface area contributed by atoms with Crippen molar-refractivity contribution in [2.24, 2.45) is 0 Å². The second-order valence-electron chi connectivity index (χ2n) is 4.07. The van der Waals surface area contributed by atoms with Crippen LogP contribution in [0.3, 0.4) is 0 Å². The highest BCUT2D eigenvalue weighted by Crippen LogP contribution is 2.24. The van der Waals surface area contributed by atoms with Gasteiger partial charge in [-0.3, -0.25) is 4.79 Å². The molecule has 1 aliphatic rings. The molecule has 5 heteroatoms. The van der Waals surface area contributed by atoms with Crippen molar-refractivity contribution in [3.8, 4) is 11.5 Å². The first-order chi connectivity index (χ1) is 8.74. The number of esters is 1. The summed E-state index contributed by atoms with van der Waals surface area (Å²) in [5.74, 6) is 1.35. The molecule has 1 aromatic carbocycles. The Hall–Kier alpha value is -1.75. The third-order valence-corrected chi connectivity index (χ3v) is 2.96. The van der Waals surface area contributed by atoms with Crippen molar-refractivity contribution in [3.05, 3.63) is 23.8 Å². The van der Waals surface area contributed by atoms with Gasteiger partial charge in [0.05, 0.1) is 20.8 Å². The predicted molar refractivity (Wildman–Crippen MR) is 65.7 cm³/mol. The van der Waals surface area contributed by atoms with Crippen molar-refractivity contribution < 1.29 is 19.0 Å². The molecular formula is C13H17NO4. The van der Waals surface area contributed by atoms with Crippen molar-refractivity contribution in [1.29, 1.82) is 0 Å². The fraction of sp³-hybridized carbons (Fsp3) is 0.462. The third kappa shape index (κ3) is 2.73. The Morgan fingerprint density at radius 1 is 1.39 bits per heavy atom. The molecule has 0 spiro atoms. The average molecular weight is 251 g/mol. The summed E-state index contributed by atoms with van der Waals surface area (Å²) in [4.78, 5) is 11.3. The second-order valence-corrected chi connectivity index (χ2v) is 4.07. The lowest BCUT2D eigenvalue weighted by atomic mass is 10.1. The summed E-state index contributed by atoms with van der Waals surface area (Å²) < 4.78 is 15.3. The second kappa shape index (κ2) is 5.73. The Morgan fingerprint density at radius 3 is 2.83 bits per heavy atom. The lowest BCUT2D eigenvalue weighted by molar-refractivity contribution is -0.139. The van der Waals surface area contributed by atoms with Gasteiger partial charge in [-0.1, -0.05) is 0 Å². The van der Waals surface area contributed by atoms with E-state index in [0.29, 0.717) is 19.6 Å². The number of nitrogens with one attached hydrogen (secondary N) is 1. The largest absolute Gasteiger partial charge is 0.497 e. The number of carbonyl (C=O) groups is 1. The minimum atomic E-state index is -0.221. The average Bonchev–Trinajstić information content (AvgIpc) is 2.81. The molecule has 98 valence electrons. The lowest BCUT2D eigenvalue weighted by Gasteiger charge is -2.13. The van der Waals surface area contributed by atoms with Crippen molar-refractivity contribution in [1.82, 2.24) is 5.32 Å². The van der Waals surface area contributed by atoms with E-state index in [2.05, 4.69) is 5.32 Å². The van der Waals surface area contributed by atoms with E-state index in [1.54, 1.807) is 14.2 Å². The summed E-state index contributed by atoms with van der Waals surface area (Å²) in [5, 5.41) is 3.16. The summed E-state index contributed by atoms with van der Waals surface area (Å²) in [6.07, 6.45) is 0.713. The maximum Gasteiger partial charge on any atom is 0.323 e. The fourth-order valence-electron chi connectivity index (χ4n) is 1.93. The van der Waals surface area contributed by atoms with Crippen LogP contribution in [0, 0.1) is 0 Å². The van der Waals surface area contributed by atoms with Gasteiger partial charge in [0, 0.05) is 18.5 Å². The first-order valence-corrected chi connectivity index (χ1v) is 5.85. The molecule has 0 bridgehead atoms. The van der Waals surface area contributed by atoms with Gasteiger partial charge in [-0.25, -0.2) is 0 Å². The molecule has 0 amide bonds.